The Balaban J connectivity index is 2.09. The van der Waals surface area contributed by atoms with Gasteiger partial charge in [-0.25, -0.2) is 9.18 Å². The van der Waals surface area contributed by atoms with Gasteiger partial charge in [0.2, 0.25) is 0 Å². The predicted molar refractivity (Wildman–Crippen MR) is 73.6 cm³/mol. The van der Waals surface area contributed by atoms with Crippen molar-refractivity contribution >= 4 is 5.97 Å². The zero-order valence-electron chi connectivity index (χ0n) is 11.3. The van der Waals surface area contributed by atoms with Crippen molar-refractivity contribution in [2.75, 3.05) is 0 Å². The number of carboxylic acids is 1. The number of hydrogen-bond acceptors (Lipinski definition) is 2. The molecule has 0 saturated heterocycles. The molecule has 104 valence electrons. The van der Waals surface area contributed by atoms with E-state index in [0.29, 0.717) is 12.4 Å². The summed E-state index contributed by atoms with van der Waals surface area (Å²) in [7, 11) is 0. The topological polar surface area (TPSA) is 46.5 Å². The summed E-state index contributed by atoms with van der Waals surface area (Å²) in [5.41, 5.74) is 2.99. The molecule has 1 N–H and O–H groups in total. The van der Waals surface area contributed by atoms with Gasteiger partial charge in [-0.2, -0.15) is 0 Å². The highest BCUT2D eigenvalue weighted by molar-refractivity contribution is 5.88. The maximum absolute atomic E-state index is 13.5. The van der Waals surface area contributed by atoms with Gasteiger partial charge in [-0.1, -0.05) is 18.2 Å². The summed E-state index contributed by atoms with van der Waals surface area (Å²) in [5, 5.41) is 8.74. The van der Waals surface area contributed by atoms with Crippen LogP contribution in [0.2, 0.25) is 0 Å². The van der Waals surface area contributed by atoms with Crippen molar-refractivity contribution in [2.24, 2.45) is 0 Å². The Morgan fingerprint density at radius 2 is 1.90 bits per heavy atom. The van der Waals surface area contributed by atoms with Crippen molar-refractivity contribution in [1.29, 1.82) is 0 Å². The summed E-state index contributed by atoms with van der Waals surface area (Å²) in [6.07, 6.45) is 0. The van der Waals surface area contributed by atoms with Crippen LogP contribution in [0.25, 0.3) is 0 Å². The van der Waals surface area contributed by atoms with Gasteiger partial charge >= 0.3 is 5.97 Å². The molecule has 0 aliphatic carbocycles. The minimum absolute atomic E-state index is 0.311. The molecule has 0 aliphatic heterocycles. The van der Waals surface area contributed by atoms with E-state index >= 15 is 0 Å². The Morgan fingerprint density at radius 1 is 1.15 bits per heavy atom. The molecule has 0 amide bonds. The number of halogens is 1. The lowest BCUT2D eigenvalue weighted by Crippen LogP contribution is -2.02. The van der Waals surface area contributed by atoms with E-state index < -0.39 is 11.8 Å². The third-order valence-electron chi connectivity index (χ3n) is 3.15. The Labute approximate surface area is 116 Å². The Kier molecular flexibility index (Phi) is 4.03. The van der Waals surface area contributed by atoms with E-state index in [1.807, 2.05) is 32.0 Å². The fourth-order valence-electron chi connectivity index (χ4n) is 1.82. The summed E-state index contributed by atoms with van der Waals surface area (Å²) in [6.45, 7) is 4.35. The van der Waals surface area contributed by atoms with Gasteiger partial charge < -0.3 is 9.84 Å². The van der Waals surface area contributed by atoms with Crippen molar-refractivity contribution < 1.29 is 19.0 Å². The van der Waals surface area contributed by atoms with Gasteiger partial charge in [0.1, 0.15) is 18.2 Å². The lowest BCUT2D eigenvalue weighted by molar-refractivity contribution is 0.0692. The summed E-state index contributed by atoms with van der Waals surface area (Å²) >= 11 is 0. The summed E-state index contributed by atoms with van der Waals surface area (Å²) in [5.74, 6) is -1.77. The van der Waals surface area contributed by atoms with E-state index in [1.54, 1.807) is 0 Å². The van der Waals surface area contributed by atoms with Crippen LogP contribution in [0.3, 0.4) is 0 Å². The second-order valence-corrected chi connectivity index (χ2v) is 4.65. The lowest BCUT2D eigenvalue weighted by atomic mass is 10.1. The zero-order chi connectivity index (χ0) is 14.7. The number of carbonyl (C=O) groups is 1. The third-order valence-corrected chi connectivity index (χ3v) is 3.15. The van der Waals surface area contributed by atoms with Crippen LogP contribution in [-0.2, 0) is 6.61 Å². The maximum Gasteiger partial charge on any atom is 0.338 e. The molecule has 0 unspecified atom stereocenters. The predicted octanol–water partition coefficient (Wildman–Crippen LogP) is 3.72. The van der Waals surface area contributed by atoms with Crippen LogP contribution in [0.1, 0.15) is 27.0 Å². The van der Waals surface area contributed by atoms with E-state index in [9.17, 15) is 9.18 Å². The molecule has 0 atom stereocenters. The zero-order valence-corrected chi connectivity index (χ0v) is 11.3. The van der Waals surface area contributed by atoms with Gasteiger partial charge in [-0.05, 0) is 42.7 Å². The second kappa shape index (κ2) is 5.74. The van der Waals surface area contributed by atoms with Crippen molar-refractivity contribution in [3.63, 3.8) is 0 Å². The highest BCUT2D eigenvalue weighted by Gasteiger charge is 2.10. The van der Waals surface area contributed by atoms with Crippen molar-refractivity contribution in [1.82, 2.24) is 0 Å². The fourth-order valence-corrected chi connectivity index (χ4v) is 1.82. The molecule has 0 aromatic heterocycles. The Bertz CT molecular complexity index is 650. The van der Waals surface area contributed by atoms with Crippen molar-refractivity contribution in [3.8, 4) is 5.75 Å². The van der Waals surface area contributed by atoms with E-state index in [-0.39, 0.29) is 5.56 Å². The Hall–Kier alpha value is -2.36. The first-order valence-corrected chi connectivity index (χ1v) is 6.19. The molecule has 0 saturated carbocycles. The molecule has 0 fully saturated rings. The molecular weight excluding hydrogens is 259 g/mol. The molecule has 0 bridgehead atoms. The van der Waals surface area contributed by atoms with Crippen LogP contribution < -0.4 is 4.74 Å². The number of aryl methyl sites for hydroxylation is 2. The van der Waals surface area contributed by atoms with Gasteiger partial charge in [0, 0.05) is 6.07 Å². The SMILES string of the molecule is Cc1ccc(COc2ccc(C(=O)O)c(F)c2)cc1C. The number of carboxylic acid groups (broad SMARTS) is 1. The largest absolute Gasteiger partial charge is 0.489 e. The van der Waals surface area contributed by atoms with E-state index in [4.69, 9.17) is 9.84 Å². The molecular formula is C16H15FO3. The smallest absolute Gasteiger partial charge is 0.338 e. The Morgan fingerprint density at radius 3 is 2.50 bits per heavy atom. The summed E-state index contributed by atoms with van der Waals surface area (Å²) < 4.78 is 19.0. The van der Waals surface area contributed by atoms with Crippen LogP contribution >= 0.6 is 0 Å². The fraction of sp³-hybridized carbons (Fsp3) is 0.188. The van der Waals surface area contributed by atoms with Crippen LogP contribution in [0, 0.1) is 19.7 Å². The molecule has 20 heavy (non-hydrogen) atoms. The number of hydrogen-bond donors (Lipinski definition) is 1. The lowest BCUT2D eigenvalue weighted by Gasteiger charge is -2.09. The van der Waals surface area contributed by atoms with Crippen molar-refractivity contribution in [2.45, 2.75) is 20.5 Å². The second-order valence-electron chi connectivity index (χ2n) is 4.65. The third kappa shape index (κ3) is 3.15. The van der Waals surface area contributed by atoms with Crippen molar-refractivity contribution in [3.05, 3.63) is 64.5 Å². The molecule has 0 aliphatic rings. The number of benzene rings is 2. The minimum Gasteiger partial charge on any atom is -0.489 e. The average molecular weight is 274 g/mol. The maximum atomic E-state index is 13.5. The number of ether oxygens (including phenoxy) is 1. The normalized spacial score (nSPS) is 10.3. The minimum atomic E-state index is -1.29. The first-order chi connectivity index (χ1) is 9.47. The van der Waals surface area contributed by atoms with Gasteiger partial charge in [-0.15, -0.1) is 0 Å². The molecule has 3 nitrogen and oxygen atoms in total. The average Bonchev–Trinajstić information content (AvgIpc) is 2.40. The summed E-state index contributed by atoms with van der Waals surface area (Å²) in [4.78, 5) is 10.7. The molecule has 4 heteroatoms. The molecule has 2 aromatic rings. The standard InChI is InChI=1S/C16H15FO3/c1-10-3-4-12(7-11(10)2)9-20-13-5-6-14(16(18)19)15(17)8-13/h3-8H,9H2,1-2H3,(H,18,19). The number of rotatable bonds is 4. The van der Waals surface area contributed by atoms with E-state index in [0.717, 1.165) is 11.6 Å². The van der Waals surface area contributed by atoms with Gasteiger partial charge in [0.15, 0.2) is 0 Å². The molecule has 2 aromatic carbocycles. The van der Waals surface area contributed by atoms with Crippen LogP contribution in [-0.4, -0.2) is 11.1 Å². The summed E-state index contributed by atoms with van der Waals surface area (Å²) in [6, 6.07) is 9.70. The van der Waals surface area contributed by atoms with E-state index in [1.165, 1.54) is 23.3 Å². The van der Waals surface area contributed by atoms with E-state index in [2.05, 4.69) is 0 Å². The van der Waals surface area contributed by atoms with Gasteiger partial charge in [-0.3, -0.25) is 0 Å². The van der Waals surface area contributed by atoms with Crippen LogP contribution in [0.4, 0.5) is 4.39 Å². The van der Waals surface area contributed by atoms with Crippen LogP contribution in [0.15, 0.2) is 36.4 Å². The van der Waals surface area contributed by atoms with Gasteiger partial charge in [0.25, 0.3) is 0 Å². The molecule has 0 radical (unpaired) electrons. The first kappa shape index (κ1) is 14.1. The number of aromatic carboxylic acids is 1. The monoisotopic (exact) mass is 274 g/mol. The quantitative estimate of drug-likeness (QED) is 0.924. The van der Waals surface area contributed by atoms with Gasteiger partial charge in [0.05, 0.1) is 5.56 Å². The molecule has 0 spiro atoms. The highest BCUT2D eigenvalue weighted by atomic mass is 19.1. The van der Waals surface area contributed by atoms with Crippen LogP contribution in [0.5, 0.6) is 5.75 Å². The first-order valence-electron chi connectivity index (χ1n) is 6.19. The molecule has 2 rings (SSSR count). The molecule has 0 heterocycles. The highest BCUT2D eigenvalue weighted by Crippen LogP contribution is 2.18.